The lowest BCUT2D eigenvalue weighted by molar-refractivity contribution is 0.0901. The van der Waals surface area contributed by atoms with Crippen LogP contribution >= 0.6 is 0 Å². The van der Waals surface area contributed by atoms with Gasteiger partial charge in [0.1, 0.15) is 12.4 Å². The zero-order chi connectivity index (χ0) is 11.1. The molecule has 0 aliphatic rings. The first-order chi connectivity index (χ1) is 7.27. The largest absolute Gasteiger partial charge is 0.453 e. The Hall–Kier alpha value is -1.33. The Labute approximate surface area is 88.4 Å². The fourth-order valence-corrected chi connectivity index (χ4v) is 1.07. The van der Waals surface area contributed by atoms with Crippen LogP contribution in [-0.2, 0) is 16.1 Å². The van der Waals surface area contributed by atoms with Gasteiger partial charge in [0, 0.05) is 20.8 Å². The number of furan rings is 1. The van der Waals surface area contributed by atoms with Crippen molar-refractivity contribution in [1.29, 1.82) is 0 Å². The van der Waals surface area contributed by atoms with Crippen molar-refractivity contribution in [3.8, 4) is 0 Å². The zero-order valence-electron chi connectivity index (χ0n) is 8.91. The minimum atomic E-state index is -0.241. The number of carbonyl (C=O) groups is 1. The average Bonchev–Trinajstić information content (AvgIpc) is 2.67. The molecular formula is C10H15NO4. The van der Waals surface area contributed by atoms with Gasteiger partial charge >= 0.3 is 0 Å². The van der Waals surface area contributed by atoms with Crippen LogP contribution in [0.4, 0.5) is 0 Å². The molecule has 0 aliphatic carbocycles. The van der Waals surface area contributed by atoms with Crippen LogP contribution < -0.4 is 5.32 Å². The highest BCUT2D eigenvalue weighted by molar-refractivity contribution is 5.91. The van der Waals surface area contributed by atoms with Crippen LogP contribution in [0.15, 0.2) is 16.5 Å². The van der Waals surface area contributed by atoms with Gasteiger partial charge in [-0.25, -0.2) is 0 Å². The summed E-state index contributed by atoms with van der Waals surface area (Å²) in [7, 11) is 3.15. The molecule has 1 rings (SSSR count). The van der Waals surface area contributed by atoms with Crippen LogP contribution in [0.25, 0.3) is 0 Å². The van der Waals surface area contributed by atoms with E-state index in [9.17, 15) is 4.79 Å². The molecule has 0 unspecified atom stereocenters. The molecule has 1 heterocycles. The highest BCUT2D eigenvalue weighted by atomic mass is 16.5. The summed E-state index contributed by atoms with van der Waals surface area (Å²) in [5.74, 6) is 0.682. The van der Waals surface area contributed by atoms with Crippen molar-refractivity contribution in [2.45, 2.75) is 6.61 Å². The number of nitrogens with one attached hydrogen (secondary N) is 1. The van der Waals surface area contributed by atoms with Gasteiger partial charge in [0.2, 0.25) is 0 Å². The zero-order valence-corrected chi connectivity index (χ0v) is 8.91. The molecule has 84 valence electrons. The lowest BCUT2D eigenvalue weighted by atomic mass is 10.4. The molecule has 15 heavy (non-hydrogen) atoms. The third-order valence-electron chi connectivity index (χ3n) is 1.76. The fraction of sp³-hybridized carbons (Fsp3) is 0.500. The molecule has 0 aliphatic heterocycles. The lowest BCUT2D eigenvalue weighted by Gasteiger charge is -2.01. The summed E-state index contributed by atoms with van der Waals surface area (Å²) in [5.41, 5.74) is 0. The molecule has 1 amide bonds. The van der Waals surface area contributed by atoms with Crippen molar-refractivity contribution in [1.82, 2.24) is 5.32 Å². The van der Waals surface area contributed by atoms with Gasteiger partial charge in [-0.3, -0.25) is 4.79 Å². The molecule has 5 nitrogen and oxygen atoms in total. The molecule has 0 aromatic carbocycles. The summed E-state index contributed by atoms with van der Waals surface area (Å²) >= 11 is 0. The van der Waals surface area contributed by atoms with Gasteiger partial charge in [0.25, 0.3) is 5.91 Å². The van der Waals surface area contributed by atoms with E-state index in [2.05, 4.69) is 5.32 Å². The predicted octanol–water partition coefficient (Wildman–Crippen LogP) is 0.802. The van der Waals surface area contributed by atoms with E-state index in [-0.39, 0.29) is 11.7 Å². The Balaban J connectivity index is 2.43. The summed E-state index contributed by atoms with van der Waals surface area (Å²) in [5, 5.41) is 2.66. The standard InChI is InChI=1S/C10H15NO4/c1-13-6-5-11-10(12)9-4-3-8(15-9)7-14-2/h3-4H,5-7H2,1-2H3,(H,11,12). The lowest BCUT2D eigenvalue weighted by Crippen LogP contribution is -2.26. The van der Waals surface area contributed by atoms with Crippen LogP contribution in [0.1, 0.15) is 16.3 Å². The monoisotopic (exact) mass is 213 g/mol. The number of hydrogen-bond donors (Lipinski definition) is 1. The first kappa shape index (κ1) is 11.7. The average molecular weight is 213 g/mol. The van der Waals surface area contributed by atoms with Gasteiger partial charge in [-0.15, -0.1) is 0 Å². The maximum atomic E-state index is 11.4. The number of ether oxygens (including phenoxy) is 2. The normalized spacial score (nSPS) is 10.3. The number of methoxy groups -OCH3 is 2. The topological polar surface area (TPSA) is 60.7 Å². The van der Waals surface area contributed by atoms with Crippen LogP contribution in [-0.4, -0.2) is 33.3 Å². The van der Waals surface area contributed by atoms with Crippen molar-refractivity contribution in [3.05, 3.63) is 23.7 Å². The van der Waals surface area contributed by atoms with E-state index in [0.29, 0.717) is 25.5 Å². The molecule has 0 radical (unpaired) electrons. The Morgan fingerprint density at radius 3 is 2.87 bits per heavy atom. The van der Waals surface area contributed by atoms with Gasteiger partial charge in [-0.1, -0.05) is 0 Å². The Bertz CT molecular complexity index is 308. The second-order valence-corrected chi connectivity index (χ2v) is 2.95. The van der Waals surface area contributed by atoms with Crippen molar-refractivity contribution in [2.75, 3.05) is 27.4 Å². The van der Waals surface area contributed by atoms with Gasteiger partial charge in [-0.05, 0) is 12.1 Å². The first-order valence-electron chi connectivity index (χ1n) is 4.62. The van der Waals surface area contributed by atoms with E-state index in [4.69, 9.17) is 13.9 Å². The molecule has 1 aromatic rings. The molecular weight excluding hydrogens is 198 g/mol. The van der Waals surface area contributed by atoms with E-state index in [1.165, 1.54) is 0 Å². The molecule has 0 atom stereocenters. The third-order valence-corrected chi connectivity index (χ3v) is 1.76. The number of hydrogen-bond acceptors (Lipinski definition) is 4. The third kappa shape index (κ3) is 3.73. The number of carbonyl (C=O) groups excluding carboxylic acids is 1. The summed E-state index contributed by atoms with van der Waals surface area (Å²) in [6.45, 7) is 1.32. The minimum Gasteiger partial charge on any atom is -0.453 e. The molecule has 0 fully saturated rings. The molecule has 0 spiro atoms. The van der Waals surface area contributed by atoms with E-state index in [0.717, 1.165) is 0 Å². The quantitative estimate of drug-likeness (QED) is 0.710. The SMILES string of the molecule is COCCNC(=O)c1ccc(COC)o1. The maximum Gasteiger partial charge on any atom is 0.287 e. The smallest absolute Gasteiger partial charge is 0.287 e. The number of rotatable bonds is 6. The van der Waals surface area contributed by atoms with Crippen molar-refractivity contribution < 1.29 is 18.7 Å². The Kier molecular flexibility index (Phi) is 4.86. The summed E-state index contributed by atoms with van der Waals surface area (Å²) in [6.07, 6.45) is 0. The molecule has 5 heteroatoms. The fourth-order valence-electron chi connectivity index (χ4n) is 1.07. The predicted molar refractivity (Wildman–Crippen MR) is 53.6 cm³/mol. The molecule has 0 saturated heterocycles. The van der Waals surface area contributed by atoms with Crippen molar-refractivity contribution in [3.63, 3.8) is 0 Å². The van der Waals surface area contributed by atoms with E-state index in [1.807, 2.05) is 0 Å². The Morgan fingerprint density at radius 2 is 2.20 bits per heavy atom. The molecule has 0 bridgehead atoms. The van der Waals surface area contributed by atoms with Gasteiger partial charge < -0.3 is 19.2 Å². The van der Waals surface area contributed by atoms with E-state index in [1.54, 1.807) is 26.4 Å². The van der Waals surface area contributed by atoms with Gasteiger partial charge in [-0.2, -0.15) is 0 Å². The highest BCUT2D eigenvalue weighted by Gasteiger charge is 2.09. The highest BCUT2D eigenvalue weighted by Crippen LogP contribution is 2.08. The minimum absolute atomic E-state index is 0.241. The Morgan fingerprint density at radius 1 is 1.40 bits per heavy atom. The maximum absolute atomic E-state index is 11.4. The molecule has 0 saturated carbocycles. The summed E-state index contributed by atoms with van der Waals surface area (Å²) in [6, 6.07) is 3.34. The second-order valence-electron chi connectivity index (χ2n) is 2.95. The van der Waals surface area contributed by atoms with Crippen LogP contribution in [0.3, 0.4) is 0 Å². The summed E-state index contributed by atoms with van der Waals surface area (Å²) < 4.78 is 14.9. The van der Waals surface area contributed by atoms with Crippen LogP contribution in [0.5, 0.6) is 0 Å². The van der Waals surface area contributed by atoms with Gasteiger partial charge in [0.05, 0.1) is 6.61 Å². The van der Waals surface area contributed by atoms with Crippen molar-refractivity contribution in [2.24, 2.45) is 0 Å². The molecule has 1 aromatic heterocycles. The van der Waals surface area contributed by atoms with Gasteiger partial charge in [0.15, 0.2) is 5.76 Å². The first-order valence-corrected chi connectivity index (χ1v) is 4.62. The van der Waals surface area contributed by atoms with Crippen LogP contribution in [0.2, 0.25) is 0 Å². The van der Waals surface area contributed by atoms with Crippen LogP contribution in [0, 0.1) is 0 Å². The van der Waals surface area contributed by atoms with E-state index < -0.39 is 0 Å². The number of amides is 1. The molecule has 1 N–H and O–H groups in total. The van der Waals surface area contributed by atoms with E-state index >= 15 is 0 Å². The second kappa shape index (κ2) is 6.21. The van der Waals surface area contributed by atoms with Crippen molar-refractivity contribution >= 4 is 5.91 Å². The summed E-state index contributed by atoms with van der Waals surface area (Å²) in [4.78, 5) is 11.4.